The first kappa shape index (κ1) is 29.6. The van der Waals surface area contributed by atoms with E-state index in [2.05, 4.69) is 0 Å². The van der Waals surface area contributed by atoms with Crippen molar-refractivity contribution in [3.05, 3.63) is 0 Å². The van der Waals surface area contributed by atoms with Crippen LogP contribution in [-0.4, -0.2) is 46.9 Å². The van der Waals surface area contributed by atoms with Gasteiger partial charge in [0.2, 0.25) is 4.91 Å². The van der Waals surface area contributed by atoms with Gasteiger partial charge in [0.25, 0.3) is 0 Å². The normalized spacial score (nSPS) is 7.73. The summed E-state index contributed by atoms with van der Waals surface area (Å²) in [5, 5.41) is 34.0. The molecule has 0 aliphatic heterocycles. The summed E-state index contributed by atoms with van der Waals surface area (Å²) in [6.07, 6.45) is 0. The van der Waals surface area contributed by atoms with Gasteiger partial charge < -0.3 is 20.4 Å². The van der Waals surface area contributed by atoms with E-state index in [1.54, 1.807) is 0 Å². The van der Waals surface area contributed by atoms with Crippen LogP contribution in [0.2, 0.25) is 0 Å². The molecule has 96 valence electrons. The molecule has 0 aromatic carbocycles. The average Bonchev–Trinajstić information content (AvgIpc) is 2.11. The highest BCUT2D eigenvalue weighted by Crippen LogP contribution is 2.11. The smallest absolute Gasteiger partial charge is 0.211 e. The monoisotopic (exact) mass is 420 g/mol. The van der Waals surface area contributed by atoms with Gasteiger partial charge in [0, 0.05) is 0 Å². The standard InChI is InChI=1S/C5H12O4.3BrH.H2N3/c6-1-5(2-7,3-8)4-9;;;;1-3-2/h6-9H,1-4H2;3*1H;1-2H/q;;;;+1. The molecule has 7 nitrogen and oxygen atoms in total. The van der Waals surface area contributed by atoms with Crippen molar-refractivity contribution in [3.8, 4) is 0 Å². The molecular weight excluding hydrogens is 406 g/mol. The molecule has 0 aliphatic rings. The molecule has 0 spiro atoms. The lowest BCUT2D eigenvalue weighted by atomic mass is 9.93. The van der Waals surface area contributed by atoms with Gasteiger partial charge in [-0.3, -0.25) is 0 Å². The minimum Gasteiger partial charge on any atom is -0.396 e. The maximum Gasteiger partial charge on any atom is 0.211 e. The number of halogens is 3. The number of rotatable bonds is 4. The summed E-state index contributed by atoms with van der Waals surface area (Å²) >= 11 is 0. The Bertz CT molecular complexity index is 124. The van der Waals surface area contributed by atoms with E-state index in [1.807, 2.05) is 4.91 Å². The summed E-state index contributed by atoms with van der Waals surface area (Å²) in [6.45, 7) is -1.62. The van der Waals surface area contributed by atoms with Crippen LogP contribution in [0.4, 0.5) is 0 Å². The maximum absolute atomic E-state index is 8.50. The second-order valence-corrected chi connectivity index (χ2v) is 2.24. The molecule has 0 radical (unpaired) electrons. The summed E-state index contributed by atoms with van der Waals surface area (Å²) in [4.78, 5) is 2.00. The molecule has 0 bridgehead atoms. The molecule has 0 saturated carbocycles. The Morgan fingerprint density at radius 3 is 0.867 bits per heavy atom. The molecule has 0 amide bonds. The third-order valence-corrected chi connectivity index (χ3v) is 1.34. The van der Waals surface area contributed by atoms with Crippen LogP contribution in [0.1, 0.15) is 0 Å². The van der Waals surface area contributed by atoms with Crippen molar-refractivity contribution < 1.29 is 20.4 Å². The minimum atomic E-state index is -1.11. The molecule has 0 aromatic rings. The summed E-state index contributed by atoms with van der Waals surface area (Å²) in [7, 11) is 0. The van der Waals surface area contributed by atoms with Crippen LogP contribution in [0.5, 0.6) is 0 Å². The second-order valence-electron chi connectivity index (χ2n) is 2.24. The second kappa shape index (κ2) is 20.1. The largest absolute Gasteiger partial charge is 0.396 e. The highest BCUT2D eigenvalue weighted by molar-refractivity contribution is 8.93. The lowest BCUT2D eigenvalue weighted by Crippen LogP contribution is -2.37. The van der Waals surface area contributed by atoms with Gasteiger partial charge in [-0.2, -0.15) is 0 Å². The van der Waals surface area contributed by atoms with Gasteiger partial charge in [0.05, 0.1) is 31.8 Å². The molecule has 6 N–H and O–H groups in total. The van der Waals surface area contributed by atoms with Gasteiger partial charge in [-0.25, -0.2) is 0 Å². The Hall–Kier alpha value is 0.590. The quantitative estimate of drug-likeness (QED) is 0.275. The molecule has 0 aliphatic carbocycles. The molecule has 15 heavy (non-hydrogen) atoms. The van der Waals surface area contributed by atoms with Gasteiger partial charge in [-0.1, -0.05) is 0 Å². The van der Waals surface area contributed by atoms with Crippen LogP contribution in [-0.2, 0) is 0 Å². The summed E-state index contributed by atoms with van der Waals surface area (Å²) in [5.41, 5.74) is 9.89. The lowest BCUT2D eigenvalue weighted by Gasteiger charge is -2.23. The van der Waals surface area contributed by atoms with E-state index in [0.29, 0.717) is 0 Å². The summed E-state index contributed by atoms with van der Waals surface area (Å²) < 4.78 is 0. The van der Waals surface area contributed by atoms with Crippen molar-refractivity contribution >= 4 is 50.9 Å². The predicted molar refractivity (Wildman–Crippen MR) is 69.3 cm³/mol. The van der Waals surface area contributed by atoms with Crippen molar-refractivity contribution in [3.63, 3.8) is 0 Å². The highest BCUT2D eigenvalue weighted by Gasteiger charge is 2.26. The first-order valence-corrected chi connectivity index (χ1v) is 3.13. The first-order chi connectivity index (χ1) is 5.66. The maximum atomic E-state index is 8.50. The average molecular weight is 423 g/mol. The van der Waals surface area contributed by atoms with Crippen LogP contribution in [0.15, 0.2) is 0 Å². The Morgan fingerprint density at radius 2 is 0.867 bits per heavy atom. The number of hydrogen-bond acceptors (Lipinski definition) is 6. The zero-order valence-electron chi connectivity index (χ0n) is 7.79. The topological polar surface area (TPSA) is 143 Å². The molecule has 0 aromatic heterocycles. The Kier molecular flexibility index (Phi) is 39.6. The third-order valence-electron chi connectivity index (χ3n) is 1.34. The fraction of sp³-hybridized carbons (Fsp3) is 1.00. The van der Waals surface area contributed by atoms with Crippen molar-refractivity contribution in [2.45, 2.75) is 0 Å². The molecule has 0 unspecified atom stereocenters. The Morgan fingerprint density at radius 1 is 0.733 bits per heavy atom. The van der Waals surface area contributed by atoms with Crippen molar-refractivity contribution in [1.82, 2.24) is 4.91 Å². The Labute approximate surface area is 119 Å². The van der Waals surface area contributed by atoms with Gasteiger partial charge >= 0.3 is 0 Å². The van der Waals surface area contributed by atoms with Crippen LogP contribution in [0.3, 0.4) is 0 Å². The van der Waals surface area contributed by atoms with Gasteiger partial charge in [-0.15, -0.1) is 50.9 Å². The fourth-order valence-corrected chi connectivity index (χ4v) is 0.300. The number of nitrogens with one attached hydrogen (secondary N) is 2. The molecule has 0 fully saturated rings. The predicted octanol–water partition coefficient (Wildman–Crippen LogP) is -0.209. The van der Waals surface area contributed by atoms with Crippen molar-refractivity contribution in [1.29, 1.82) is 11.1 Å². The first-order valence-electron chi connectivity index (χ1n) is 3.13. The molecule has 0 heterocycles. The molecule has 0 saturated heterocycles. The van der Waals surface area contributed by atoms with E-state index in [0.717, 1.165) is 0 Å². The summed E-state index contributed by atoms with van der Waals surface area (Å²) in [6, 6.07) is 0. The van der Waals surface area contributed by atoms with E-state index in [-0.39, 0.29) is 50.9 Å². The third kappa shape index (κ3) is 14.6. The number of hydrogen-bond donors (Lipinski definition) is 6. The SMILES string of the molecule is Br.Br.Br.N=[N+]=N.OCC(CO)(CO)CO. The summed E-state index contributed by atoms with van der Waals surface area (Å²) in [5.74, 6) is 0. The molecule has 0 rings (SSSR count). The van der Waals surface area contributed by atoms with Gasteiger partial charge in [-0.05, 0) is 0 Å². The Balaban J connectivity index is -0.0000000500. The highest BCUT2D eigenvalue weighted by atomic mass is 79.9. The van der Waals surface area contributed by atoms with Crippen LogP contribution < -0.4 is 4.91 Å². The zero-order chi connectivity index (χ0) is 10.0. The molecule has 0 atom stereocenters. The number of nitrogens with zero attached hydrogens (tertiary/aromatic N) is 1. The lowest BCUT2D eigenvalue weighted by molar-refractivity contribution is -0.0328. The van der Waals surface area contributed by atoms with E-state index >= 15 is 0 Å². The number of aliphatic hydroxyl groups is 4. The van der Waals surface area contributed by atoms with E-state index < -0.39 is 31.8 Å². The van der Waals surface area contributed by atoms with E-state index in [4.69, 9.17) is 31.5 Å². The van der Waals surface area contributed by atoms with Crippen LogP contribution in [0, 0.1) is 16.5 Å². The zero-order valence-corrected chi connectivity index (χ0v) is 12.9. The van der Waals surface area contributed by atoms with Crippen LogP contribution in [0.25, 0.3) is 0 Å². The molecule has 10 heteroatoms. The number of aliphatic hydroxyl groups excluding tert-OH is 4. The van der Waals surface area contributed by atoms with Crippen molar-refractivity contribution in [2.75, 3.05) is 26.4 Å². The fourth-order valence-electron chi connectivity index (χ4n) is 0.300. The molecular formula is C5H17Br3N3O4+. The minimum absolute atomic E-state index is 0. The van der Waals surface area contributed by atoms with Gasteiger partial charge in [0.1, 0.15) is 11.1 Å². The van der Waals surface area contributed by atoms with Gasteiger partial charge in [0.15, 0.2) is 0 Å². The van der Waals surface area contributed by atoms with Crippen LogP contribution >= 0.6 is 50.9 Å². The van der Waals surface area contributed by atoms with E-state index in [9.17, 15) is 0 Å². The van der Waals surface area contributed by atoms with E-state index in [1.165, 1.54) is 0 Å². The van der Waals surface area contributed by atoms with Crippen molar-refractivity contribution in [2.24, 2.45) is 5.41 Å².